The number of thiophene rings is 1. The summed E-state index contributed by atoms with van der Waals surface area (Å²) in [5, 5.41) is 7.69. The molecule has 0 atom stereocenters. The van der Waals surface area contributed by atoms with Crippen LogP contribution < -0.4 is 5.32 Å². The number of hydrogen-bond donors (Lipinski definition) is 1. The van der Waals surface area contributed by atoms with E-state index in [9.17, 15) is 9.59 Å². The van der Waals surface area contributed by atoms with Crippen molar-refractivity contribution in [1.29, 1.82) is 0 Å². The van der Waals surface area contributed by atoms with Gasteiger partial charge in [-0.05, 0) is 50.7 Å². The molecule has 0 radical (unpaired) electrons. The highest BCUT2D eigenvalue weighted by Gasteiger charge is 2.27. The molecule has 2 aromatic rings. The number of anilines is 1. The van der Waals surface area contributed by atoms with E-state index >= 15 is 0 Å². The van der Waals surface area contributed by atoms with Gasteiger partial charge in [0.2, 0.25) is 0 Å². The molecule has 1 N–H and O–H groups in total. The highest BCUT2D eigenvalue weighted by atomic mass is 32.1. The summed E-state index contributed by atoms with van der Waals surface area (Å²) in [7, 11) is 0. The summed E-state index contributed by atoms with van der Waals surface area (Å²) in [5.74, 6) is -0.633. The third-order valence-electron chi connectivity index (χ3n) is 4.24. The zero-order valence-corrected chi connectivity index (χ0v) is 15.4. The second-order valence-electron chi connectivity index (χ2n) is 6.06. The number of amides is 1. The molecule has 7 heteroatoms. The molecule has 2 heterocycles. The first-order chi connectivity index (χ1) is 12.1. The minimum Gasteiger partial charge on any atom is -0.462 e. The summed E-state index contributed by atoms with van der Waals surface area (Å²) in [5.41, 5.74) is 1.93. The number of carbonyl (C=O) groups is 2. The van der Waals surface area contributed by atoms with E-state index in [4.69, 9.17) is 4.74 Å². The van der Waals surface area contributed by atoms with Gasteiger partial charge in [-0.1, -0.05) is 6.92 Å². The van der Waals surface area contributed by atoms with Crippen LogP contribution in [0.15, 0.2) is 12.3 Å². The van der Waals surface area contributed by atoms with E-state index < -0.39 is 0 Å². The van der Waals surface area contributed by atoms with Gasteiger partial charge in [0.25, 0.3) is 5.91 Å². The summed E-state index contributed by atoms with van der Waals surface area (Å²) in [6.07, 6.45) is 6.54. The topological polar surface area (TPSA) is 73.2 Å². The van der Waals surface area contributed by atoms with Crippen LogP contribution in [0.25, 0.3) is 0 Å². The minimum absolute atomic E-state index is 0.296. The molecule has 0 bridgehead atoms. The van der Waals surface area contributed by atoms with Gasteiger partial charge in [0.1, 0.15) is 5.00 Å². The SMILES string of the molecule is CCCOC(=O)c1c(NC(=O)c2ccn(CC)n2)sc2c1CCCC2. The van der Waals surface area contributed by atoms with E-state index in [1.807, 2.05) is 13.8 Å². The first-order valence-corrected chi connectivity index (χ1v) is 9.62. The lowest BCUT2D eigenvalue weighted by Gasteiger charge is -2.12. The standard InChI is InChI=1S/C18H23N3O3S/c1-3-11-24-18(23)15-12-7-5-6-8-14(12)25-17(15)19-16(22)13-9-10-21(4-2)20-13/h9-10H,3-8,11H2,1-2H3,(H,19,22). The second kappa shape index (κ2) is 7.82. The molecule has 2 aromatic heterocycles. The van der Waals surface area contributed by atoms with Crippen LogP contribution in [0.1, 0.15) is 64.4 Å². The van der Waals surface area contributed by atoms with Gasteiger partial charge in [0.15, 0.2) is 5.69 Å². The van der Waals surface area contributed by atoms with Crippen LogP contribution in [0.4, 0.5) is 5.00 Å². The Morgan fingerprint density at radius 2 is 2.12 bits per heavy atom. The van der Waals surface area contributed by atoms with E-state index in [2.05, 4.69) is 10.4 Å². The van der Waals surface area contributed by atoms with E-state index in [-0.39, 0.29) is 11.9 Å². The van der Waals surface area contributed by atoms with E-state index in [0.717, 1.165) is 37.7 Å². The van der Waals surface area contributed by atoms with E-state index in [1.54, 1.807) is 16.9 Å². The van der Waals surface area contributed by atoms with Crippen molar-refractivity contribution in [2.75, 3.05) is 11.9 Å². The second-order valence-corrected chi connectivity index (χ2v) is 7.17. The van der Waals surface area contributed by atoms with E-state index in [0.29, 0.717) is 29.4 Å². The maximum absolute atomic E-state index is 12.5. The van der Waals surface area contributed by atoms with Crippen molar-refractivity contribution < 1.29 is 14.3 Å². The normalized spacial score (nSPS) is 13.4. The van der Waals surface area contributed by atoms with Crippen LogP contribution in [0.2, 0.25) is 0 Å². The van der Waals surface area contributed by atoms with Crippen LogP contribution in [0.5, 0.6) is 0 Å². The Morgan fingerprint density at radius 1 is 1.32 bits per heavy atom. The molecule has 1 amide bonds. The molecule has 1 aliphatic rings. The number of fused-ring (bicyclic) bond motifs is 1. The molecule has 0 saturated carbocycles. The highest BCUT2D eigenvalue weighted by molar-refractivity contribution is 7.17. The molecular formula is C18H23N3O3S. The number of aryl methyl sites for hydroxylation is 2. The summed E-state index contributed by atoms with van der Waals surface area (Å²) >= 11 is 1.49. The fraction of sp³-hybridized carbons (Fsp3) is 0.500. The Morgan fingerprint density at radius 3 is 2.84 bits per heavy atom. The molecule has 3 rings (SSSR count). The largest absolute Gasteiger partial charge is 0.462 e. The summed E-state index contributed by atoms with van der Waals surface area (Å²) in [6, 6.07) is 1.68. The number of carbonyl (C=O) groups excluding carboxylic acids is 2. The zero-order valence-electron chi connectivity index (χ0n) is 14.6. The van der Waals surface area contributed by atoms with Gasteiger partial charge in [-0.2, -0.15) is 5.10 Å². The lowest BCUT2D eigenvalue weighted by Crippen LogP contribution is -2.16. The number of nitrogens with one attached hydrogen (secondary N) is 1. The van der Waals surface area contributed by atoms with Gasteiger partial charge in [0.05, 0.1) is 12.2 Å². The summed E-state index contributed by atoms with van der Waals surface area (Å²) in [6.45, 7) is 5.01. The predicted molar refractivity (Wildman–Crippen MR) is 97.4 cm³/mol. The molecule has 0 spiro atoms. The Hall–Kier alpha value is -2.15. The van der Waals surface area contributed by atoms with Crippen molar-refractivity contribution in [2.24, 2.45) is 0 Å². The van der Waals surface area contributed by atoms with Crippen molar-refractivity contribution in [3.8, 4) is 0 Å². The first kappa shape index (κ1) is 17.7. The molecule has 0 fully saturated rings. The minimum atomic E-state index is -0.337. The predicted octanol–water partition coefficient (Wildman–Crippen LogP) is 3.66. The Bertz CT molecular complexity index is 779. The zero-order chi connectivity index (χ0) is 17.8. The van der Waals surface area contributed by atoms with Crippen molar-refractivity contribution >= 4 is 28.2 Å². The maximum atomic E-state index is 12.5. The van der Waals surface area contributed by atoms with Crippen LogP contribution in [-0.4, -0.2) is 28.3 Å². The van der Waals surface area contributed by atoms with Gasteiger partial charge in [-0.15, -0.1) is 11.3 Å². The summed E-state index contributed by atoms with van der Waals surface area (Å²) < 4.78 is 7.05. The van der Waals surface area contributed by atoms with Crippen LogP contribution >= 0.6 is 11.3 Å². The van der Waals surface area contributed by atoms with E-state index in [1.165, 1.54) is 16.2 Å². The summed E-state index contributed by atoms with van der Waals surface area (Å²) in [4.78, 5) is 26.2. The van der Waals surface area contributed by atoms with Crippen LogP contribution in [0, 0.1) is 0 Å². The van der Waals surface area contributed by atoms with Crippen molar-refractivity contribution in [3.05, 3.63) is 34.0 Å². The van der Waals surface area contributed by atoms with Crippen molar-refractivity contribution in [1.82, 2.24) is 9.78 Å². The Labute approximate surface area is 151 Å². The molecule has 134 valence electrons. The van der Waals surface area contributed by atoms with Crippen LogP contribution in [0.3, 0.4) is 0 Å². The molecule has 0 aliphatic heterocycles. The van der Waals surface area contributed by atoms with Gasteiger partial charge >= 0.3 is 5.97 Å². The Kier molecular flexibility index (Phi) is 5.53. The molecule has 6 nitrogen and oxygen atoms in total. The molecule has 25 heavy (non-hydrogen) atoms. The van der Waals surface area contributed by atoms with Gasteiger partial charge in [-0.3, -0.25) is 9.48 Å². The van der Waals surface area contributed by atoms with Crippen LogP contribution in [-0.2, 0) is 24.1 Å². The third-order valence-corrected chi connectivity index (χ3v) is 5.44. The van der Waals surface area contributed by atoms with Gasteiger partial charge in [-0.25, -0.2) is 4.79 Å². The fourth-order valence-corrected chi connectivity index (χ4v) is 4.24. The average Bonchev–Trinajstić information content (AvgIpc) is 3.23. The highest BCUT2D eigenvalue weighted by Crippen LogP contribution is 2.38. The number of hydrogen-bond acceptors (Lipinski definition) is 5. The third kappa shape index (κ3) is 3.76. The fourth-order valence-electron chi connectivity index (χ4n) is 2.96. The quantitative estimate of drug-likeness (QED) is 0.797. The Balaban J connectivity index is 1.87. The molecule has 0 unspecified atom stereocenters. The average molecular weight is 361 g/mol. The number of esters is 1. The lowest BCUT2D eigenvalue weighted by atomic mass is 9.95. The van der Waals surface area contributed by atoms with Gasteiger partial charge in [0, 0.05) is 17.6 Å². The molecular weight excluding hydrogens is 338 g/mol. The van der Waals surface area contributed by atoms with Crippen molar-refractivity contribution in [2.45, 2.75) is 52.5 Å². The lowest BCUT2D eigenvalue weighted by molar-refractivity contribution is 0.0505. The number of rotatable bonds is 6. The number of nitrogens with zero attached hydrogens (tertiary/aromatic N) is 2. The number of aromatic nitrogens is 2. The maximum Gasteiger partial charge on any atom is 0.341 e. The molecule has 1 aliphatic carbocycles. The molecule has 0 saturated heterocycles. The van der Waals surface area contributed by atoms with Crippen molar-refractivity contribution in [3.63, 3.8) is 0 Å². The molecule has 0 aromatic carbocycles. The van der Waals surface area contributed by atoms with Gasteiger partial charge < -0.3 is 10.1 Å². The number of ether oxygens (including phenoxy) is 1. The monoisotopic (exact) mass is 361 g/mol. The smallest absolute Gasteiger partial charge is 0.341 e. The first-order valence-electron chi connectivity index (χ1n) is 8.80.